The molecule has 2 rings (SSSR count). The standard InChI is InChI=1S/C10H11N3O/c11-4-3-9-7-14-10(13-9)8-2-1-5-12-6-8/h1-2,5-7H,3-4,11H2. The largest absolute Gasteiger partial charge is 0.444 e. The van der Waals surface area contributed by atoms with Crippen molar-refractivity contribution in [3.63, 3.8) is 0 Å². The third-order valence-electron chi connectivity index (χ3n) is 1.86. The van der Waals surface area contributed by atoms with Crippen molar-refractivity contribution >= 4 is 0 Å². The molecule has 0 bridgehead atoms. The first-order valence-corrected chi connectivity index (χ1v) is 4.45. The summed E-state index contributed by atoms with van der Waals surface area (Å²) in [6.07, 6.45) is 5.81. The zero-order valence-corrected chi connectivity index (χ0v) is 7.68. The molecule has 0 saturated carbocycles. The van der Waals surface area contributed by atoms with Crippen LogP contribution in [0.5, 0.6) is 0 Å². The van der Waals surface area contributed by atoms with Crippen LogP contribution in [0.2, 0.25) is 0 Å². The highest BCUT2D eigenvalue weighted by molar-refractivity contribution is 5.50. The van der Waals surface area contributed by atoms with E-state index >= 15 is 0 Å². The maximum atomic E-state index is 5.41. The lowest BCUT2D eigenvalue weighted by Gasteiger charge is -1.91. The van der Waals surface area contributed by atoms with Crippen molar-refractivity contribution in [2.75, 3.05) is 6.54 Å². The number of rotatable bonds is 3. The quantitative estimate of drug-likeness (QED) is 0.788. The van der Waals surface area contributed by atoms with Crippen molar-refractivity contribution in [2.45, 2.75) is 6.42 Å². The Labute approximate surface area is 81.8 Å². The third-order valence-corrected chi connectivity index (χ3v) is 1.86. The average molecular weight is 189 g/mol. The summed E-state index contributed by atoms with van der Waals surface area (Å²) in [5, 5.41) is 0. The van der Waals surface area contributed by atoms with Gasteiger partial charge in [-0.05, 0) is 18.7 Å². The molecular weight excluding hydrogens is 178 g/mol. The molecule has 2 N–H and O–H groups in total. The molecule has 2 aromatic heterocycles. The molecule has 0 aromatic carbocycles. The van der Waals surface area contributed by atoms with Crippen molar-refractivity contribution in [3.8, 4) is 11.5 Å². The Morgan fingerprint density at radius 1 is 1.43 bits per heavy atom. The Bertz CT molecular complexity index is 397. The van der Waals surface area contributed by atoms with E-state index < -0.39 is 0 Å². The van der Waals surface area contributed by atoms with Crippen LogP contribution in [0.1, 0.15) is 5.69 Å². The van der Waals surface area contributed by atoms with Crippen LogP contribution in [-0.4, -0.2) is 16.5 Å². The van der Waals surface area contributed by atoms with Gasteiger partial charge in [0.1, 0.15) is 6.26 Å². The number of hydrogen-bond donors (Lipinski definition) is 1. The molecule has 4 heteroatoms. The molecule has 0 aliphatic heterocycles. The molecule has 0 unspecified atom stereocenters. The maximum Gasteiger partial charge on any atom is 0.227 e. The summed E-state index contributed by atoms with van der Waals surface area (Å²) in [5.41, 5.74) is 7.18. The lowest BCUT2D eigenvalue weighted by atomic mass is 10.3. The molecule has 0 spiro atoms. The molecule has 2 aromatic rings. The molecule has 0 aliphatic rings. The van der Waals surface area contributed by atoms with Gasteiger partial charge in [0.05, 0.1) is 11.3 Å². The van der Waals surface area contributed by atoms with Gasteiger partial charge in [-0.2, -0.15) is 0 Å². The van der Waals surface area contributed by atoms with E-state index in [0.717, 1.165) is 17.7 Å². The fourth-order valence-electron chi connectivity index (χ4n) is 1.19. The van der Waals surface area contributed by atoms with Crippen molar-refractivity contribution in [1.82, 2.24) is 9.97 Å². The van der Waals surface area contributed by atoms with Crippen molar-refractivity contribution in [2.24, 2.45) is 5.73 Å². The second-order valence-electron chi connectivity index (χ2n) is 2.92. The predicted molar refractivity (Wildman–Crippen MR) is 52.5 cm³/mol. The van der Waals surface area contributed by atoms with Crippen LogP contribution in [0, 0.1) is 0 Å². The Hall–Kier alpha value is -1.68. The first-order valence-electron chi connectivity index (χ1n) is 4.45. The van der Waals surface area contributed by atoms with Gasteiger partial charge >= 0.3 is 0 Å². The van der Waals surface area contributed by atoms with E-state index in [1.807, 2.05) is 12.1 Å². The number of oxazole rings is 1. The van der Waals surface area contributed by atoms with E-state index in [-0.39, 0.29) is 0 Å². The summed E-state index contributed by atoms with van der Waals surface area (Å²) >= 11 is 0. The number of nitrogens with zero attached hydrogens (tertiary/aromatic N) is 2. The van der Waals surface area contributed by atoms with Gasteiger partial charge in [0.25, 0.3) is 0 Å². The minimum Gasteiger partial charge on any atom is -0.444 e. The highest BCUT2D eigenvalue weighted by atomic mass is 16.3. The first-order chi connectivity index (χ1) is 6.90. The summed E-state index contributed by atoms with van der Waals surface area (Å²) in [6, 6.07) is 3.76. The molecule has 0 aliphatic carbocycles. The highest BCUT2D eigenvalue weighted by Crippen LogP contribution is 2.16. The third kappa shape index (κ3) is 1.80. The van der Waals surface area contributed by atoms with Gasteiger partial charge in [0, 0.05) is 18.8 Å². The summed E-state index contributed by atoms with van der Waals surface area (Å²) in [7, 11) is 0. The van der Waals surface area contributed by atoms with Crippen LogP contribution in [0.15, 0.2) is 35.2 Å². The van der Waals surface area contributed by atoms with Crippen LogP contribution in [0.25, 0.3) is 11.5 Å². The van der Waals surface area contributed by atoms with Crippen molar-refractivity contribution in [3.05, 3.63) is 36.5 Å². The van der Waals surface area contributed by atoms with Gasteiger partial charge < -0.3 is 10.2 Å². The van der Waals surface area contributed by atoms with Crippen LogP contribution in [0.4, 0.5) is 0 Å². The van der Waals surface area contributed by atoms with E-state index in [4.69, 9.17) is 10.2 Å². The van der Waals surface area contributed by atoms with Gasteiger partial charge in [0.2, 0.25) is 5.89 Å². The topological polar surface area (TPSA) is 64.9 Å². The molecule has 2 heterocycles. The zero-order valence-electron chi connectivity index (χ0n) is 7.68. The van der Waals surface area contributed by atoms with Gasteiger partial charge in [-0.1, -0.05) is 0 Å². The lowest BCUT2D eigenvalue weighted by Crippen LogP contribution is -2.02. The number of pyridine rings is 1. The fraction of sp³-hybridized carbons (Fsp3) is 0.200. The molecule has 14 heavy (non-hydrogen) atoms. The highest BCUT2D eigenvalue weighted by Gasteiger charge is 2.05. The SMILES string of the molecule is NCCc1coc(-c2cccnc2)n1. The predicted octanol–water partition coefficient (Wildman–Crippen LogP) is 1.24. The Morgan fingerprint density at radius 3 is 3.07 bits per heavy atom. The van der Waals surface area contributed by atoms with E-state index in [2.05, 4.69) is 9.97 Å². The van der Waals surface area contributed by atoms with Gasteiger partial charge in [-0.25, -0.2) is 4.98 Å². The van der Waals surface area contributed by atoms with Crippen LogP contribution >= 0.6 is 0 Å². The van der Waals surface area contributed by atoms with Gasteiger partial charge in [-0.15, -0.1) is 0 Å². The molecular formula is C10H11N3O. The van der Waals surface area contributed by atoms with Gasteiger partial charge in [0.15, 0.2) is 0 Å². The maximum absolute atomic E-state index is 5.41. The molecule has 0 saturated heterocycles. The van der Waals surface area contributed by atoms with E-state index in [1.54, 1.807) is 18.7 Å². The second kappa shape index (κ2) is 4.02. The zero-order chi connectivity index (χ0) is 9.80. The molecule has 0 radical (unpaired) electrons. The minimum atomic E-state index is 0.582. The Kier molecular flexibility index (Phi) is 2.55. The second-order valence-corrected chi connectivity index (χ2v) is 2.92. The lowest BCUT2D eigenvalue weighted by molar-refractivity contribution is 0.572. The van der Waals surface area contributed by atoms with Crippen molar-refractivity contribution in [1.29, 1.82) is 0 Å². The number of nitrogens with two attached hydrogens (primary N) is 1. The smallest absolute Gasteiger partial charge is 0.227 e. The summed E-state index contributed by atoms with van der Waals surface area (Å²) in [4.78, 5) is 8.28. The van der Waals surface area contributed by atoms with E-state index in [0.29, 0.717) is 12.4 Å². The molecule has 0 fully saturated rings. The summed E-state index contributed by atoms with van der Waals surface area (Å²) in [5.74, 6) is 0.599. The number of aromatic nitrogens is 2. The summed E-state index contributed by atoms with van der Waals surface area (Å²) < 4.78 is 5.30. The van der Waals surface area contributed by atoms with E-state index in [1.165, 1.54) is 0 Å². The van der Waals surface area contributed by atoms with Crippen LogP contribution in [0.3, 0.4) is 0 Å². The van der Waals surface area contributed by atoms with Crippen LogP contribution < -0.4 is 5.73 Å². The summed E-state index contributed by atoms with van der Waals surface area (Å²) in [6.45, 7) is 0.582. The monoisotopic (exact) mass is 189 g/mol. The molecule has 0 amide bonds. The number of hydrogen-bond acceptors (Lipinski definition) is 4. The molecule has 4 nitrogen and oxygen atoms in total. The fourth-order valence-corrected chi connectivity index (χ4v) is 1.19. The van der Waals surface area contributed by atoms with Gasteiger partial charge in [-0.3, -0.25) is 4.98 Å². The van der Waals surface area contributed by atoms with Crippen molar-refractivity contribution < 1.29 is 4.42 Å². The molecule has 72 valence electrons. The van der Waals surface area contributed by atoms with Crippen LogP contribution in [-0.2, 0) is 6.42 Å². The molecule has 0 atom stereocenters. The normalized spacial score (nSPS) is 10.4. The Balaban J connectivity index is 2.25. The Morgan fingerprint density at radius 2 is 2.36 bits per heavy atom. The first kappa shape index (κ1) is 8.90. The van der Waals surface area contributed by atoms with E-state index in [9.17, 15) is 0 Å². The minimum absolute atomic E-state index is 0.582. The average Bonchev–Trinajstić information content (AvgIpc) is 2.68.